The summed E-state index contributed by atoms with van der Waals surface area (Å²) in [5.41, 5.74) is 1.48. The number of carbonyl (C=O) groups is 1. The zero-order valence-electron chi connectivity index (χ0n) is 12.6. The maximum absolute atomic E-state index is 11.5. The molecule has 1 unspecified atom stereocenters. The summed E-state index contributed by atoms with van der Waals surface area (Å²) in [7, 11) is 1.58. The maximum atomic E-state index is 11.5. The van der Waals surface area contributed by atoms with Crippen LogP contribution in [-0.2, 0) is 6.42 Å². The van der Waals surface area contributed by atoms with Gasteiger partial charge in [-0.15, -0.1) is 10.2 Å². The van der Waals surface area contributed by atoms with E-state index >= 15 is 0 Å². The van der Waals surface area contributed by atoms with Crippen molar-refractivity contribution in [1.82, 2.24) is 20.5 Å². The van der Waals surface area contributed by atoms with Crippen LogP contribution in [0.3, 0.4) is 0 Å². The molecule has 1 aliphatic rings. The summed E-state index contributed by atoms with van der Waals surface area (Å²) in [5.74, 6) is 1.19. The highest BCUT2D eigenvalue weighted by molar-refractivity contribution is 5.91. The van der Waals surface area contributed by atoms with E-state index in [1.165, 1.54) is 0 Å². The lowest BCUT2D eigenvalue weighted by atomic mass is 10.0. The fraction of sp³-hybridized carbons (Fsp3) is 0.375. The van der Waals surface area contributed by atoms with Gasteiger partial charge in [-0.2, -0.15) is 0 Å². The highest BCUT2D eigenvalue weighted by atomic mass is 16.1. The Morgan fingerprint density at radius 3 is 2.91 bits per heavy atom. The Labute approximate surface area is 129 Å². The molecule has 6 nitrogen and oxygen atoms in total. The van der Waals surface area contributed by atoms with Crippen LogP contribution in [0, 0.1) is 5.92 Å². The normalized spacial score (nSPS) is 17.5. The highest BCUT2D eigenvalue weighted by Crippen LogP contribution is 2.24. The number of carbonyl (C=O) groups excluding carboxylic acids is 1. The average Bonchev–Trinajstić information content (AvgIpc) is 3.04. The second-order valence-electron chi connectivity index (χ2n) is 5.48. The molecule has 1 fully saturated rings. The van der Waals surface area contributed by atoms with Crippen LogP contribution < -0.4 is 10.2 Å². The standard InChI is InChI=1S/C16H19N5O/c1-17-16(22)14-5-6-15(20-19-14)21-9-7-12(11-21)10-13-4-2-3-8-18-13/h2-6,8,12H,7,9-11H2,1H3,(H,17,22). The predicted molar refractivity (Wildman–Crippen MR) is 83.7 cm³/mol. The Kier molecular flexibility index (Phi) is 4.27. The fourth-order valence-corrected chi connectivity index (χ4v) is 2.77. The van der Waals surface area contributed by atoms with Crippen LogP contribution in [0.2, 0.25) is 0 Å². The summed E-state index contributed by atoms with van der Waals surface area (Å²) in [6.45, 7) is 1.91. The molecule has 22 heavy (non-hydrogen) atoms. The number of rotatable bonds is 4. The van der Waals surface area contributed by atoms with Crippen LogP contribution in [0.4, 0.5) is 5.82 Å². The molecule has 2 aromatic rings. The summed E-state index contributed by atoms with van der Waals surface area (Å²) < 4.78 is 0. The summed E-state index contributed by atoms with van der Waals surface area (Å²) >= 11 is 0. The van der Waals surface area contributed by atoms with Gasteiger partial charge in [0.2, 0.25) is 0 Å². The van der Waals surface area contributed by atoms with E-state index in [4.69, 9.17) is 0 Å². The number of pyridine rings is 1. The van der Waals surface area contributed by atoms with Crippen molar-refractivity contribution in [3.05, 3.63) is 47.9 Å². The predicted octanol–water partition coefficient (Wildman–Crippen LogP) is 1.30. The first-order valence-corrected chi connectivity index (χ1v) is 7.47. The van der Waals surface area contributed by atoms with Gasteiger partial charge in [-0.1, -0.05) is 6.07 Å². The van der Waals surface area contributed by atoms with E-state index in [-0.39, 0.29) is 5.91 Å². The average molecular weight is 297 g/mol. The molecule has 1 aliphatic heterocycles. The molecule has 1 atom stereocenters. The van der Waals surface area contributed by atoms with E-state index in [1.807, 2.05) is 24.4 Å². The van der Waals surface area contributed by atoms with Crippen LogP contribution in [0.1, 0.15) is 22.6 Å². The van der Waals surface area contributed by atoms with Gasteiger partial charge in [0, 0.05) is 32.0 Å². The maximum Gasteiger partial charge on any atom is 0.271 e. The van der Waals surface area contributed by atoms with Crippen LogP contribution in [-0.4, -0.2) is 41.2 Å². The van der Waals surface area contributed by atoms with E-state index in [2.05, 4.69) is 31.5 Å². The molecule has 3 rings (SSSR count). The monoisotopic (exact) mass is 297 g/mol. The van der Waals surface area contributed by atoms with Gasteiger partial charge in [-0.3, -0.25) is 9.78 Å². The first-order valence-electron chi connectivity index (χ1n) is 7.47. The van der Waals surface area contributed by atoms with Gasteiger partial charge in [0.25, 0.3) is 5.91 Å². The van der Waals surface area contributed by atoms with Crippen molar-refractivity contribution in [2.24, 2.45) is 5.92 Å². The molecule has 1 amide bonds. The lowest BCUT2D eigenvalue weighted by molar-refractivity contribution is 0.0957. The Morgan fingerprint density at radius 2 is 2.23 bits per heavy atom. The van der Waals surface area contributed by atoms with Gasteiger partial charge in [-0.25, -0.2) is 0 Å². The molecule has 0 aliphatic carbocycles. The molecule has 0 radical (unpaired) electrons. The van der Waals surface area contributed by atoms with Gasteiger partial charge in [0.1, 0.15) is 0 Å². The van der Waals surface area contributed by atoms with Crippen molar-refractivity contribution in [2.45, 2.75) is 12.8 Å². The highest BCUT2D eigenvalue weighted by Gasteiger charge is 2.24. The Bertz CT molecular complexity index is 629. The summed E-state index contributed by atoms with van der Waals surface area (Å²) in [6.07, 6.45) is 3.95. The van der Waals surface area contributed by atoms with Crippen molar-refractivity contribution in [1.29, 1.82) is 0 Å². The largest absolute Gasteiger partial charge is 0.355 e. The third-order valence-electron chi connectivity index (χ3n) is 3.94. The van der Waals surface area contributed by atoms with E-state index in [0.717, 1.165) is 37.4 Å². The fourth-order valence-electron chi connectivity index (χ4n) is 2.77. The van der Waals surface area contributed by atoms with Crippen LogP contribution in [0.5, 0.6) is 0 Å². The van der Waals surface area contributed by atoms with Gasteiger partial charge < -0.3 is 10.2 Å². The number of anilines is 1. The van der Waals surface area contributed by atoms with Crippen molar-refractivity contribution in [2.75, 3.05) is 25.0 Å². The number of nitrogens with one attached hydrogen (secondary N) is 1. The SMILES string of the molecule is CNC(=O)c1ccc(N2CCC(Cc3ccccn3)C2)nn1. The third kappa shape index (κ3) is 3.21. The molecule has 0 spiro atoms. The van der Waals surface area contributed by atoms with Gasteiger partial charge in [-0.05, 0) is 43.0 Å². The zero-order chi connectivity index (χ0) is 15.4. The van der Waals surface area contributed by atoms with E-state index in [1.54, 1.807) is 13.1 Å². The zero-order valence-corrected chi connectivity index (χ0v) is 12.6. The third-order valence-corrected chi connectivity index (χ3v) is 3.94. The van der Waals surface area contributed by atoms with Gasteiger partial charge >= 0.3 is 0 Å². The minimum Gasteiger partial charge on any atom is -0.355 e. The van der Waals surface area contributed by atoms with Crippen molar-refractivity contribution in [3.63, 3.8) is 0 Å². The topological polar surface area (TPSA) is 71.0 Å². The molecule has 1 N–H and O–H groups in total. The molecule has 6 heteroatoms. The molecule has 2 aromatic heterocycles. The Balaban J connectivity index is 1.61. The number of hydrogen-bond acceptors (Lipinski definition) is 5. The van der Waals surface area contributed by atoms with E-state index in [0.29, 0.717) is 11.6 Å². The lowest BCUT2D eigenvalue weighted by Gasteiger charge is -2.16. The minimum atomic E-state index is -0.214. The van der Waals surface area contributed by atoms with E-state index in [9.17, 15) is 4.79 Å². The van der Waals surface area contributed by atoms with Gasteiger partial charge in [0.15, 0.2) is 11.5 Å². The van der Waals surface area contributed by atoms with Crippen LogP contribution in [0.25, 0.3) is 0 Å². The molecular formula is C16H19N5O. The lowest BCUT2D eigenvalue weighted by Crippen LogP contribution is -2.23. The number of aromatic nitrogens is 3. The first kappa shape index (κ1) is 14.4. The van der Waals surface area contributed by atoms with E-state index < -0.39 is 0 Å². The number of amides is 1. The molecule has 3 heterocycles. The number of hydrogen-bond donors (Lipinski definition) is 1. The quantitative estimate of drug-likeness (QED) is 0.921. The summed E-state index contributed by atoms with van der Waals surface area (Å²) in [5, 5.41) is 10.7. The smallest absolute Gasteiger partial charge is 0.271 e. The Morgan fingerprint density at radius 1 is 1.32 bits per heavy atom. The van der Waals surface area contributed by atoms with Crippen molar-refractivity contribution in [3.8, 4) is 0 Å². The van der Waals surface area contributed by atoms with Crippen molar-refractivity contribution >= 4 is 11.7 Å². The Hall–Kier alpha value is -2.50. The minimum absolute atomic E-state index is 0.214. The molecule has 0 aromatic carbocycles. The van der Waals surface area contributed by atoms with Crippen LogP contribution >= 0.6 is 0 Å². The molecular weight excluding hydrogens is 278 g/mol. The molecule has 0 saturated carbocycles. The van der Waals surface area contributed by atoms with Crippen molar-refractivity contribution < 1.29 is 4.79 Å². The van der Waals surface area contributed by atoms with Gasteiger partial charge in [0.05, 0.1) is 0 Å². The first-order chi connectivity index (χ1) is 10.8. The molecule has 114 valence electrons. The second kappa shape index (κ2) is 6.51. The summed E-state index contributed by atoms with van der Waals surface area (Å²) in [6, 6.07) is 9.61. The number of nitrogens with zero attached hydrogens (tertiary/aromatic N) is 4. The summed E-state index contributed by atoms with van der Waals surface area (Å²) in [4.78, 5) is 18.1. The molecule has 0 bridgehead atoms. The second-order valence-corrected chi connectivity index (χ2v) is 5.48. The molecule has 1 saturated heterocycles. The van der Waals surface area contributed by atoms with Crippen LogP contribution in [0.15, 0.2) is 36.5 Å².